The van der Waals surface area contributed by atoms with Gasteiger partial charge in [-0.25, -0.2) is 4.68 Å². The third-order valence-electron chi connectivity index (χ3n) is 3.80. The van der Waals surface area contributed by atoms with Crippen molar-refractivity contribution in [3.8, 4) is 5.69 Å². The van der Waals surface area contributed by atoms with Crippen molar-refractivity contribution in [2.45, 2.75) is 39.8 Å². The van der Waals surface area contributed by atoms with Crippen molar-refractivity contribution >= 4 is 5.96 Å². The van der Waals surface area contributed by atoms with Crippen molar-refractivity contribution in [2.24, 2.45) is 4.99 Å². The van der Waals surface area contributed by atoms with E-state index in [2.05, 4.69) is 61.6 Å². The van der Waals surface area contributed by atoms with Crippen LogP contribution in [0.25, 0.3) is 5.69 Å². The lowest BCUT2D eigenvalue weighted by atomic mass is 10.1. The number of guanidine groups is 1. The Morgan fingerprint density at radius 2 is 1.96 bits per heavy atom. The lowest BCUT2D eigenvalue weighted by molar-refractivity contribution is 0.430. The standard InChI is InChI=1S/C20H32N6/c1-6-21-19(22-12-13-23-20(2,3)4)25(5)15-17-14-24-26(16-17)18-10-8-7-9-11-18/h7-11,14,16,23H,6,12-13,15H2,1-5H3,(H,21,22). The summed E-state index contributed by atoms with van der Waals surface area (Å²) in [5.74, 6) is 0.913. The molecule has 0 atom stereocenters. The molecule has 0 spiro atoms. The number of rotatable bonds is 7. The van der Waals surface area contributed by atoms with E-state index in [1.165, 1.54) is 0 Å². The summed E-state index contributed by atoms with van der Waals surface area (Å²) in [7, 11) is 2.05. The molecule has 0 amide bonds. The van der Waals surface area contributed by atoms with Gasteiger partial charge in [-0.1, -0.05) is 18.2 Å². The van der Waals surface area contributed by atoms with Crippen molar-refractivity contribution < 1.29 is 0 Å². The minimum atomic E-state index is 0.117. The van der Waals surface area contributed by atoms with Gasteiger partial charge in [-0.15, -0.1) is 0 Å². The first-order valence-electron chi connectivity index (χ1n) is 9.22. The third-order valence-corrected chi connectivity index (χ3v) is 3.80. The predicted molar refractivity (Wildman–Crippen MR) is 109 cm³/mol. The van der Waals surface area contributed by atoms with E-state index < -0.39 is 0 Å². The number of aromatic nitrogens is 2. The molecule has 0 fully saturated rings. The molecule has 1 heterocycles. The van der Waals surface area contributed by atoms with Gasteiger partial charge in [0.05, 0.1) is 18.4 Å². The molecule has 0 aliphatic rings. The molecule has 0 unspecified atom stereocenters. The van der Waals surface area contributed by atoms with Gasteiger partial charge in [0.1, 0.15) is 0 Å². The summed E-state index contributed by atoms with van der Waals surface area (Å²) in [6, 6.07) is 10.1. The van der Waals surface area contributed by atoms with Gasteiger partial charge < -0.3 is 15.5 Å². The molecule has 0 saturated heterocycles. The minimum Gasteiger partial charge on any atom is -0.357 e. The maximum Gasteiger partial charge on any atom is 0.194 e. The van der Waals surface area contributed by atoms with Crippen LogP contribution in [0.3, 0.4) is 0 Å². The molecule has 0 aliphatic heterocycles. The topological polar surface area (TPSA) is 57.5 Å². The maximum absolute atomic E-state index is 4.72. The van der Waals surface area contributed by atoms with Crippen LogP contribution in [0.2, 0.25) is 0 Å². The van der Waals surface area contributed by atoms with Gasteiger partial charge in [-0.2, -0.15) is 5.10 Å². The summed E-state index contributed by atoms with van der Waals surface area (Å²) in [6.45, 7) is 11.8. The Balaban J connectivity index is 1.96. The van der Waals surface area contributed by atoms with E-state index in [9.17, 15) is 0 Å². The molecule has 26 heavy (non-hydrogen) atoms. The summed E-state index contributed by atoms with van der Waals surface area (Å²) in [5, 5.41) is 11.3. The highest BCUT2D eigenvalue weighted by atomic mass is 15.3. The summed E-state index contributed by atoms with van der Waals surface area (Å²) in [4.78, 5) is 6.85. The van der Waals surface area contributed by atoms with Crippen LogP contribution in [0.1, 0.15) is 33.3 Å². The van der Waals surface area contributed by atoms with Crippen molar-refractivity contribution in [1.29, 1.82) is 0 Å². The van der Waals surface area contributed by atoms with Crippen LogP contribution in [0.5, 0.6) is 0 Å². The van der Waals surface area contributed by atoms with Crippen LogP contribution in [0.4, 0.5) is 0 Å². The molecule has 142 valence electrons. The van der Waals surface area contributed by atoms with Gasteiger partial charge in [0.2, 0.25) is 0 Å². The van der Waals surface area contributed by atoms with Gasteiger partial charge in [-0.3, -0.25) is 4.99 Å². The normalized spacial score (nSPS) is 12.3. The van der Waals surface area contributed by atoms with Crippen LogP contribution >= 0.6 is 0 Å². The number of hydrogen-bond acceptors (Lipinski definition) is 3. The average Bonchev–Trinajstić information content (AvgIpc) is 3.06. The van der Waals surface area contributed by atoms with Crippen LogP contribution in [0, 0.1) is 0 Å². The van der Waals surface area contributed by atoms with E-state index in [0.29, 0.717) is 0 Å². The molecule has 1 aromatic heterocycles. The number of nitrogens with one attached hydrogen (secondary N) is 2. The largest absolute Gasteiger partial charge is 0.357 e. The van der Waals surface area contributed by atoms with Crippen LogP contribution in [-0.4, -0.2) is 52.9 Å². The van der Waals surface area contributed by atoms with E-state index in [1.54, 1.807) is 0 Å². The van der Waals surface area contributed by atoms with Crippen LogP contribution in [-0.2, 0) is 6.54 Å². The second-order valence-electron chi connectivity index (χ2n) is 7.40. The lowest BCUT2D eigenvalue weighted by Gasteiger charge is -2.22. The minimum absolute atomic E-state index is 0.117. The summed E-state index contributed by atoms with van der Waals surface area (Å²) < 4.78 is 1.90. The second-order valence-corrected chi connectivity index (χ2v) is 7.40. The number of aliphatic imine (C=N–C) groups is 1. The molecule has 2 aromatic rings. The monoisotopic (exact) mass is 356 g/mol. The first kappa shape index (κ1) is 20.0. The smallest absolute Gasteiger partial charge is 0.194 e. The molecule has 1 aromatic carbocycles. The molecule has 0 bridgehead atoms. The highest BCUT2D eigenvalue weighted by Gasteiger charge is 2.10. The highest BCUT2D eigenvalue weighted by molar-refractivity contribution is 5.79. The highest BCUT2D eigenvalue weighted by Crippen LogP contribution is 2.09. The van der Waals surface area contributed by atoms with E-state index in [0.717, 1.165) is 43.4 Å². The number of nitrogens with zero attached hydrogens (tertiary/aromatic N) is 4. The summed E-state index contributed by atoms with van der Waals surface area (Å²) in [5.41, 5.74) is 2.33. The molecule has 0 radical (unpaired) electrons. The summed E-state index contributed by atoms with van der Waals surface area (Å²) >= 11 is 0. The van der Waals surface area contributed by atoms with Crippen molar-refractivity contribution in [3.63, 3.8) is 0 Å². The van der Waals surface area contributed by atoms with Gasteiger partial charge in [0.15, 0.2) is 5.96 Å². The van der Waals surface area contributed by atoms with Crippen LogP contribution < -0.4 is 10.6 Å². The molecule has 0 saturated carbocycles. The zero-order chi connectivity index (χ0) is 19.0. The Morgan fingerprint density at radius 1 is 1.23 bits per heavy atom. The van der Waals surface area contributed by atoms with Crippen molar-refractivity contribution in [3.05, 3.63) is 48.3 Å². The molecular weight excluding hydrogens is 324 g/mol. The molecule has 6 nitrogen and oxygen atoms in total. The van der Waals surface area contributed by atoms with Crippen molar-refractivity contribution in [1.82, 2.24) is 25.3 Å². The average molecular weight is 357 g/mol. The number of benzene rings is 1. The molecule has 2 rings (SSSR count). The number of hydrogen-bond donors (Lipinski definition) is 2. The lowest BCUT2D eigenvalue weighted by Crippen LogP contribution is -2.40. The second kappa shape index (κ2) is 9.38. The first-order chi connectivity index (χ1) is 12.4. The van der Waals surface area contributed by atoms with Gasteiger partial charge in [0, 0.05) is 44.0 Å². The third kappa shape index (κ3) is 6.52. The zero-order valence-corrected chi connectivity index (χ0v) is 16.7. The SMILES string of the molecule is CCNC(=NCCNC(C)(C)C)N(C)Cc1cnn(-c2ccccc2)c1. The molecular formula is C20H32N6. The van der Waals surface area contributed by atoms with E-state index in [4.69, 9.17) is 4.99 Å². The van der Waals surface area contributed by atoms with E-state index in [-0.39, 0.29) is 5.54 Å². The molecule has 6 heteroatoms. The van der Waals surface area contributed by atoms with Crippen molar-refractivity contribution in [2.75, 3.05) is 26.7 Å². The Kier molecular flexibility index (Phi) is 7.21. The Morgan fingerprint density at radius 3 is 2.62 bits per heavy atom. The van der Waals surface area contributed by atoms with E-state index in [1.807, 2.05) is 41.2 Å². The van der Waals surface area contributed by atoms with Crippen LogP contribution in [0.15, 0.2) is 47.7 Å². The Labute approximate surface area is 157 Å². The van der Waals surface area contributed by atoms with Gasteiger partial charge >= 0.3 is 0 Å². The molecule has 0 aliphatic carbocycles. The predicted octanol–water partition coefficient (Wildman–Crippen LogP) is 2.66. The fourth-order valence-electron chi connectivity index (χ4n) is 2.57. The quantitative estimate of drug-likeness (QED) is 0.455. The van der Waals surface area contributed by atoms with E-state index >= 15 is 0 Å². The Hall–Kier alpha value is -2.34. The van der Waals surface area contributed by atoms with Gasteiger partial charge in [-0.05, 0) is 39.8 Å². The Bertz CT molecular complexity index is 684. The zero-order valence-electron chi connectivity index (χ0n) is 16.7. The number of para-hydroxylation sites is 1. The van der Waals surface area contributed by atoms with Gasteiger partial charge in [0.25, 0.3) is 0 Å². The fraction of sp³-hybridized carbons (Fsp3) is 0.500. The molecule has 2 N–H and O–H groups in total. The summed E-state index contributed by atoms with van der Waals surface area (Å²) in [6.07, 6.45) is 3.98. The fourth-order valence-corrected chi connectivity index (χ4v) is 2.57. The maximum atomic E-state index is 4.72. The first-order valence-corrected chi connectivity index (χ1v) is 9.22.